The summed E-state index contributed by atoms with van der Waals surface area (Å²) in [6, 6.07) is -0.333. The highest BCUT2D eigenvalue weighted by Crippen LogP contribution is 2.29. The van der Waals surface area contributed by atoms with Gasteiger partial charge in [-0.05, 0) is 12.8 Å². The maximum Gasteiger partial charge on any atom is 0.309 e. The van der Waals surface area contributed by atoms with Crippen molar-refractivity contribution in [3.63, 3.8) is 0 Å². The molecule has 184 valence electrons. The first-order valence-electron chi connectivity index (χ1n) is 12.7. The number of unbranched alkanes of at least 4 members (excludes halogenated alkanes) is 10. The van der Waals surface area contributed by atoms with Gasteiger partial charge in [-0.2, -0.15) is 0 Å². The molecule has 6 nitrogen and oxygen atoms in total. The van der Waals surface area contributed by atoms with Crippen LogP contribution in [0.4, 0.5) is 0 Å². The molecule has 0 saturated heterocycles. The van der Waals surface area contributed by atoms with Crippen molar-refractivity contribution in [3.8, 4) is 0 Å². The van der Waals surface area contributed by atoms with Gasteiger partial charge in [0.05, 0.1) is 38.6 Å². The summed E-state index contributed by atoms with van der Waals surface area (Å²) >= 11 is 0. The Bertz CT molecular complexity index is 433. The fourth-order valence-corrected chi connectivity index (χ4v) is 4.81. The van der Waals surface area contributed by atoms with Crippen LogP contribution in [-0.4, -0.2) is 64.0 Å². The van der Waals surface area contributed by atoms with Crippen molar-refractivity contribution in [1.29, 1.82) is 0 Å². The van der Waals surface area contributed by atoms with Crippen LogP contribution in [0.3, 0.4) is 0 Å². The van der Waals surface area contributed by atoms with Gasteiger partial charge in [0.2, 0.25) is 0 Å². The molecule has 0 aromatic carbocycles. The molecule has 0 amide bonds. The van der Waals surface area contributed by atoms with Crippen molar-refractivity contribution in [3.05, 3.63) is 0 Å². The monoisotopic (exact) mass is 444 g/mol. The van der Waals surface area contributed by atoms with E-state index in [1.54, 1.807) is 0 Å². The topological polar surface area (TPSA) is 94.8 Å². The molecule has 0 aliphatic rings. The Morgan fingerprint density at radius 3 is 1.35 bits per heavy atom. The molecule has 6 heteroatoms. The van der Waals surface area contributed by atoms with Gasteiger partial charge in [0.15, 0.2) is 0 Å². The molecular formula is C25H50NO5+. The molecule has 0 bridgehead atoms. The number of hydrogen-bond acceptors (Lipinski definition) is 3. The van der Waals surface area contributed by atoms with Crippen LogP contribution in [0, 0.1) is 0 Å². The zero-order valence-electron chi connectivity index (χ0n) is 20.5. The SMILES string of the molecule is CCCCCCCCC(CC(=O)O)[N+](C)(CCO)C(CCCCCCCC)CC(=O)O. The Hall–Kier alpha value is -1.14. The van der Waals surface area contributed by atoms with Crippen molar-refractivity contribution in [2.24, 2.45) is 0 Å². The van der Waals surface area contributed by atoms with Crippen LogP contribution < -0.4 is 0 Å². The number of quaternary nitrogens is 1. The summed E-state index contributed by atoms with van der Waals surface area (Å²) in [5.41, 5.74) is 0. The maximum atomic E-state index is 11.7. The first-order chi connectivity index (χ1) is 14.8. The number of aliphatic carboxylic acids is 2. The number of hydrogen-bond donors (Lipinski definition) is 3. The highest BCUT2D eigenvalue weighted by molar-refractivity contribution is 5.68. The second-order valence-electron chi connectivity index (χ2n) is 9.41. The molecule has 0 fully saturated rings. The third kappa shape index (κ3) is 13.8. The molecule has 3 N–H and O–H groups in total. The summed E-state index contributed by atoms with van der Waals surface area (Å²) in [5, 5.41) is 28.9. The summed E-state index contributed by atoms with van der Waals surface area (Å²) < 4.78 is 0.346. The van der Waals surface area contributed by atoms with Crippen molar-refractivity contribution in [2.45, 2.75) is 129 Å². The van der Waals surface area contributed by atoms with Gasteiger partial charge >= 0.3 is 11.9 Å². The van der Waals surface area contributed by atoms with Gasteiger partial charge in [0, 0.05) is 12.8 Å². The number of likely N-dealkylation sites (N-methyl/N-ethyl adjacent to an activating group) is 1. The summed E-state index contributed by atoms with van der Waals surface area (Å²) in [5.74, 6) is -1.68. The fraction of sp³-hybridized carbons (Fsp3) is 0.920. The lowest BCUT2D eigenvalue weighted by Crippen LogP contribution is -2.61. The molecule has 0 aliphatic carbocycles. The van der Waals surface area contributed by atoms with E-state index in [-0.39, 0.29) is 31.5 Å². The van der Waals surface area contributed by atoms with Gasteiger partial charge in [-0.25, -0.2) is 0 Å². The molecule has 31 heavy (non-hydrogen) atoms. The van der Waals surface area contributed by atoms with Gasteiger partial charge in [0.25, 0.3) is 0 Å². The van der Waals surface area contributed by atoms with E-state index < -0.39 is 11.9 Å². The quantitative estimate of drug-likeness (QED) is 0.149. The predicted molar refractivity (Wildman–Crippen MR) is 126 cm³/mol. The third-order valence-electron chi connectivity index (χ3n) is 6.85. The number of aliphatic hydroxyl groups is 1. The highest BCUT2D eigenvalue weighted by Gasteiger charge is 2.41. The third-order valence-corrected chi connectivity index (χ3v) is 6.85. The Labute approximate surface area is 190 Å². The van der Waals surface area contributed by atoms with Crippen molar-refractivity contribution < 1.29 is 29.4 Å². The largest absolute Gasteiger partial charge is 0.481 e. The smallest absolute Gasteiger partial charge is 0.309 e. The lowest BCUT2D eigenvalue weighted by Gasteiger charge is -2.47. The molecule has 0 heterocycles. The van der Waals surface area contributed by atoms with Crippen LogP contribution >= 0.6 is 0 Å². The van der Waals surface area contributed by atoms with E-state index in [1.807, 2.05) is 7.05 Å². The molecular weight excluding hydrogens is 394 g/mol. The number of carboxylic acids is 2. The van der Waals surface area contributed by atoms with Gasteiger partial charge in [-0.1, -0.05) is 78.1 Å². The normalized spacial score (nSPS) is 15.4. The minimum absolute atomic E-state index is 0.0259. The zero-order chi connectivity index (χ0) is 23.5. The molecule has 0 aromatic heterocycles. The average molecular weight is 445 g/mol. The van der Waals surface area contributed by atoms with Gasteiger partial charge < -0.3 is 19.8 Å². The zero-order valence-corrected chi connectivity index (χ0v) is 20.5. The molecule has 2 unspecified atom stereocenters. The summed E-state index contributed by atoms with van der Waals surface area (Å²) in [6.07, 6.45) is 15.3. The van der Waals surface area contributed by atoms with Gasteiger partial charge in [-0.15, -0.1) is 0 Å². The molecule has 0 aromatic rings. The molecule has 0 rings (SSSR count). The van der Waals surface area contributed by atoms with Crippen LogP contribution in [0.5, 0.6) is 0 Å². The number of carbonyl (C=O) groups is 2. The van der Waals surface area contributed by atoms with Gasteiger partial charge in [0.1, 0.15) is 6.54 Å². The van der Waals surface area contributed by atoms with Crippen molar-refractivity contribution >= 4 is 11.9 Å². The summed E-state index contributed by atoms with van der Waals surface area (Å²) in [4.78, 5) is 23.3. The minimum Gasteiger partial charge on any atom is -0.481 e. The Balaban J connectivity index is 5.23. The van der Waals surface area contributed by atoms with E-state index in [4.69, 9.17) is 0 Å². The first kappa shape index (κ1) is 29.9. The van der Waals surface area contributed by atoms with Crippen LogP contribution in [0.15, 0.2) is 0 Å². The Morgan fingerprint density at radius 2 is 1.03 bits per heavy atom. The lowest BCUT2D eigenvalue weighted by atomic mass is 9.93. The van der Waals surface area contributed by atoms with Crippen molar-refractivity contribution in [1.82, 2.24) is 0 Å². The second-order valence-corrected chi connectivity index (χ2v) is 9.41. The van der Waals surface area contributed by atoms with E-state index in [0.717, 1.165) is 51.4 Å². The number of rotatable bonds is 22. The van der Waals surface area contributed by atoms with Crippen molar-refractivity contribution in [2.75, 3.05) is 20.2 Å². The van der Waals surface area contributed by atoms with E-state index in [2.05, 4.69) is 13.8 Å². The van der Waals surface area contributed by atoms with Gasteiger partial charge in [-0.3, -0.25) is 9.59 Å². The Kier molecular flexibility index (Phi) is 17.8. The summed E-state index contributed by atoms with van der Waals surface area (Å²) in [6.45, 7) is 4.72. The van der Waals surface area contributed by atoms with E-state index in [1.165, 1.54) is 38.5 Å². The fourth-order valence-electron chi connectivity index (χ4n) is 4.81. The van der Waals surface area contributed by atoms with E-state index >= 15 is 0 Å². The van der Waals surface area contributed by atoms with Crippen LogP contribution in [0.25, 0.3) is 0 Å². The van der Waals surface area contributed by atoms with Crippen LogP contribution in [0.1, 0.15) is 117 Å². The average Bonchev–Trinajstić information content (AvgIpc) is 2.70. The number of nitrogens with zero attached hydrogens (tertiary/aromatic N) is 1. The standard InChI is InChI=1S/C25H49NO5/c1-4-6-8-10-12-14-16-22(20-24(28)29)26(3,18-19-27)23(21-25(30)31)17-15-13-11-9-7-5-2/h22-23,27H,4-21H2,1-3H3,(H-,28,29,30,31)/p+1. The number of carboxylic acid groups (broad SMARTS) is 2. The Morgan fingerprint density at radius 1 is 0.677 bits per heavy atom. The second kappa shape index (κ2) is 18.4. The molecule has 0 aliphatic heterocycles. The molecule has 0 radical (unpaired) electrons. The maximum absolute atomic E-state index is 11.7. The van der Waals surface area contributed by atoms with Crippen LogP contribution in [-0.2, 0) is 9.59 Å². The molecule has 0 saturated carbocycles. The first-order valence-corrected chi connectivity index (χ1v) is 12.7. The molecule has 0 spiro atoms. The highest BCUT2D eigenvalue weighted by atomic mass is 16.4. The minimum atomic E-state index is -0.841. The van der Waals surface area contributed by atoms with E-state index in [0.29, 0.717) is 11.0 Å². The van der Waals surface area contributed by atoms with E-state index in [9.17, 15) is 24.9 Å². The molecule has 2 atom stereocenters. The van der Waals surface area contributed by atoms with Crippen LogP contribution in [0.2, 0.25) is 0 Å². The lowest BCUT2D eigenvalue weighted by molar-refractivity contribution is -0.956. The predicted octanol–water partition coefficient (Wildman–Crippen LogP) is 5.61. The summed E-state index contributed by atoms with van der Waals surface area (Å²) in [7, 11) is 1.98. The number of aliphatic hydroxyl groups excluding tert-OH is 1.